The van der Waals surface area contributed by atoms with Crippen LogP contribution in [0.5, 0.6) is 0 Å². The van der Waals surface area contributed by atoms with Crippen LogP contribution < -0.4 is 10.6 Å². The van der Waals surface area contributed by atoms with Gasteiger partial charge in [-0.15, -0.1) is 0 Å². The van der Waals surface area contributed by atoms with Gasteiger partial charge >= 0.3 is 0 Å². The predicted molar refractivity (Wildman–Crippen MR) is 69.6 cm³/mol. The minimum atomic E-state index is -0.520. The Labute approximate surface area is 109 Å². The van der Waals surface area contributed by atoms with E-state index in [2.05, 4.69) is 26.6 Å². The third kappa shape index (κ3) is 4.44. The van der Waals surface area contributed by atoms with Crippen LogP contribution in [-0.4, -0.2) is 25.0 Å². The van der Waals surface area contributed by atoms with E-state index in [-0.39, 0.29) is 5.56 Å². The van der Waals surface area contributed by atoms with E-state index in [1.807, 2.05) is 13.8 Å². The maximum absolute atomic E-state index is 13.4. The molecule has 0 aliphatic heterocycles. The van der Waals surface area contributed by atoms with Gasteiger partial charge in [0.2, 0.25) is 0 Å². The van der Waals surface area contributed by atoms with Crippen LogP contribution in [0.4, 0.5) is 4.39 Å². The summed E-state index contributed by atoms with van der Waals surface area (Å²) in [6.45, 7) is 5.18. The van der Waals surface area contributed by atoms with Crippen molar-refractivity contribution >= 4 is 21.8 Å². The van der Waals surface area contributed by atoms with Gasteiger partial charge in [0.05, 0.1) is 5.56 Å². The van der Waals surface area contributed by atoms with E-state index in [0.717, 1.165) is 0 Å². The molecule has 1 amide bonds. The monoisotopic (exact) mass is 302 g/mol. The Balaban J connectivity index is 2.53. The molecule has 1 aromatic rings. The molecule has 0 aliphatic carbocycles. The maximum atomic E-state index is 13.4. The molecule has 0 saturated heterocycles. The summed E-state index contributed by atoms with van der Waals surface area (Å²) in [6.07, 6.45) is 0. The second-order valence-corrected chi connectivity index (χ2v) is 4.82. The molecule has 94 valence electrons. The molecule has 0 saturated carbocycles. The van der Waals surface area contributed by atoms with E-state index >= 15 is 0 Å². The van der Waals surface area contributed by atoms with Crippen molar-refractivity contribution in [1.82, 2.24) is 10.6 Å². The zero-order chi connectivity index (χ0) is 12.8. The summed E-state index contributed by atoms with van der Waals surface area (Å²) in [5, 5.41) is 5.83. The van der Waals surface area contributed by atoms with E-state index in [0.29, 0.717) is 23.6 Å². The van der Waals surface area contributed by atoms with E-state index < -0.39 is 11.7 Å². The van der Waals surface area contributed by atoms with Gasteiger partial charge in [0, 0.05) is 23.6 Å². The quantitative estimate of drug-likeness (QED) is 0.820. The number of amides is 1. The van der Waals surface area contributed by atoms with Crippen molar-refractivity contribution in [3.63, 3.8) is 0 Å². The Morgan fingerprint density at radius 2 is 2.12 bits per heavy atom. The molecule has 2 N–H and O–H groups in total. The lowest BCUT2D eigenvalue weighted by Crippen LogP contribution is -2.35. The summed E-state index contributed by atoms with van der Waals surface area (Å²) < 4.78 is 13.9. The van der Waals surface area contributed by atoms with E-state index in [1.165, 1.54) is 6.07 Å². The Kier molecular flexibility index (Phi) is 5.58. The van der Waals surface area contributed by atoms with Crippen molar-refractivity contribution in [3.05, 3.63) is 34.1 Å². The Bertz CT molecular complexity index is 376. The largest absolute Gasteiger partial charge is 0.351 e. The van der Waals surface area contributed by atoms with Crippen molar-refractivity contribution in [3.8, 4) is 0 Å². The van der Waals surface area contributed by atoms with Crippen LogP contribution in [0.1, 0.15) is 24.2 Å². The summed E-state index contributed by atoms with van der Waals surface area (Å²) in [4.78, 5) is 11.7. The molecule has 0 bridgehead atoms. The van der Waals surface area contributed by atoms with Crippen LogP contribution in [0, 0.1) is 5.82 Å². The Morgan fingerprint density at radius 1 is 1.41 bits per heavy atom. The average molecular weight is 303 g/mol. The van der Waals surface area contributed by atoms with Crippen molar-refractivity contribution in [1.29, 1.82) is 0 Å². The fraction of sp³-hybridized carbons (Fsp3) is 0.417. The highest BCUT2D eigenvalue weighted by Gasteiger charge is 2.14. The zero-order valence-corrected chi connectivity index (χ0v) is 11.5. The fourth-order valence-electron chi connectivity index (χ4n) is 1.34. The molecule has 0 spiro atoms. The van der Waals surface area contributed by atoms with E-state index in [4.69, 9.17) is 0 Å². The highest BCUT2D eigenvalue weighted by atomic mass is 79.9. The van der Waals surface area contributed by atoms with Crippen LogP contribution in [0.15, 0.2) is 22.7 Å². The third-order valence-corrected chi connectivity index (χ3v) is 2.81. The first-order valence-electron chi connectivity index (χ1n) is 5.48. The van der Waals surface area contributed by atoms with Crippen LogP contribution in [0.25, 0.3) is 0 Å². The first kappa shape index (κ1) is 14.1. The first-order valence-corrected chi connectivity index (χ1v) is 6.27. The number of halogens is 2. The zero-order valence-electron chi connectivity index (χ0n) is 9.89. The van der Waals surface area contributed by atoms with Gasteiger partial charge < -0.3 is 10.6 Å². The Morgan fingerprint density at radius 3 is 2.71 bits per heavy atom. The highest BCUT2D eigenvalue weighted by molar-refractivity contribution is 9.10. The van der Waals surface area contributed by atoms with Crippen LogP contribution in [0.2, 0.25) is 0 Å². The molecule has 1 rings (SSSR count). The SMILES string of the molecule is CC(C)NCCNC(=O)c1c(F)cccc1Br. The van der Waals surface area contributed by atoms with Crippen molar-refractivity contribution < 1.29 is 9.18 Å². The van der Waals surface area contributed by atoms with Gasteiger partial charge in [-0.2, -0.15) is 0 Å². The molecular weight excluding hydrogens is 287 g/mol. The number of hydrogen-bond acceptors (Lipinski definition) is 2. The molecule has 5 heteroatoms. The number of nitrogens with one attached hydrogen (secondary N) is 2. The minimum absolute atomic E-state index is 0.0528. The van der Waals surface area contributed by atoms with Crippen LogP contribution in [-0.2, 0) is 0 Å². The molecule has 0 aromatic heterocycles. The second kappa shape index (κ2) is 6.71. The molecule has 0 heterocycles. The third-order valence-electron chi connectivity index (χ3n) is 2.15. The number of carbonyl (C=O) groups excluding carboxylic acids is 1. The standard InChI is InChI=1S/C12H16BrFN2O/c1-8(2)15-6-7-16-12(17)11-9(13)4-3-5-10(11)14/h3-5,8,15H,6-7H2,1-2H3,(H,16,17). The van der Waals surface area contributed by atoms with Gasteiger partial charge in [0.15, 0.2) is 0 Å². The normalized spacial score (nSPS) is 10.6. The lowest BCUT2D eigenvalue weighted by molar-refractivity contribution is 0.0949. The topological polar surface area (TPSA) is 41.1 Å². The van der Waals surface area contributed by atoms with Crippen LogP contribution >= 0.6 is 15.9 Å². The van der Waals surface area contributed by atoms with Crippen molar-refractivity contribution in [2.45, 2.75) is 19.9 Å². The van der Waals surface area contributed by atoms with Gasteiger partial charge in [-0.25, -0.2) is 4.39 Å². The maximum Gasteiger partial charge on any atom is 0.255 e. The number of hydrogen-bond donors (Lipinski definition) is 2. The second-order valence-electron chi connectivity index (χ2n) is 3.96. The lowest BCUT2D eigenvalue weighted by Gasteiger charge is -2.10. The summed E-state index contributed by atoms with van der Waals surface area (Å²) in [5.41, 5.74) is 0.0528. The number of carbonyl (C=O) groups is 1. The van der Waals surface area contributed by atoms with Gasteiger partial charge in [-0.3, -0.25) is 4.79 Å². The molecule has 0 atom stereocenters. The Hall–Kier alpha value is -0.940. The molecule has 0 aliphatic rings. The molecule has 17 heavy (non-hydrogen) atoms. The van der Waals surface area contributed by atoms with Crippen LogP contribution in [0.3, 0.4) is 0 Å². The lowest BCUT2D eigenvalue weighted by atomic mass is 10.2. The van der Waals surface area contributed by atoms with Gasteiger partial charge in [0.25, 0.3) is 5.91 Å². The molecule has 0 unspecified atom stereocenters. The summed E-state index contributed by atoms with van der Waals surface area (Å²) >= 11 is 3.16. The highest BCUT2D eigenvalue weighted by Crippen LogP contribution is 2.19. The summed E-state index contributed by atoms with van der Waals surface area (Å²) in [6, 6.07) is 4.83. The summed E-state index contributed by atoms with van der Waals surface area (Å²) in [5.74, 6) is -0.922. The molecular formula is C12H16BrFN2O. The van der Waals surface area contributed by atoms with E-state index in [1.54, 1.807) is 12.1 Å². The summed E-state index contributed by atoms with van der Waals surface area (Å²) in [7, 11) is 0. The minimum Gasteiger partial charge on any atom is -0.351 e. The predicted octanol–water partition coefficient (Wildman–Crippen LogP) is 2.32. The smallest absolute Gasteiger partial charge is 0.255 e. The van der Waals surface area contributed by atoms with Gasteiger partial charge in [0.1, 0.15) is 5.82 Å². The van der Waals surface area contributed by atoms with Gasteiger partial charge in [-0.05, 0) is 28.1 Å². The number of benzene rings is 1. The molecule has 1 aromatic carbocycles. The fourth-order valence-corrected chi connectivity index (χ4v) is 1.86. The average Bonchev–Trinajstić information content (AvgIpc) is 2.24. The van der Waals surface area contributed by atoms with Gasteiger partial charge in [-0.1, -0.05) is 19.9 Å². The van der Waals surface area contributed by atoms with Crippen molar-refractivity contribution in [2.75, 3.05) is 13.1 Å². The number of rotatable bonds is 5. The van der Waals surface area contributed by atoms with E-state index in [9.17, 15) is 9.18 Å². The molecule has 0 fully saturated rings. The molecule has 3 nitrogen and oxygen atoms in total. The molecule has 0 radical (unpaired) electrons. The van der Waals surface area contributed by atoms with Crippen molar-refractivity contribution in [2.24, 2.45) is 0 Å². The first-order chi connectivity index (χ1) is 8.02.